The summed E-state index contributed by atoms with van der Waals surface area (Å²) in [5.74, 6) is -1.96. The molecular formula is C33H42Cl2F3N5O8. The highest BCUT2D eigenvalue weighted by molar-refractivity contribution is 6.35. The highest BCUT2D eigenvalue weighted by Crippen LogP contribution is 2.39. The van der Waals surface area contributed by atoms with E-state index in [1.807, 2.05) is 29.2 Å². The number of fused-ring (bicyclic) bond motifs is 1. The summed E-state index contributed by atoms with van der Waals surface area (Å²) >= 11 is 12.9. The number of carbonyl (C=O) groups excluding carboxylic acids is 2. The molecule has 2 amide bonds. The van der Waals surface area contributed by atoms with E-state index in [-0.39, 0.29) is 19.1 Å². The number of alkyl halides is 3. The summed E-state index contributed by atoms with van der Waals surface area (Å²) in [5.41, 5.74) is 13.5. The van der Waals surface area contributed by atoms with Crippen LogP contribution in [0.5, 0.6) is 0 Å². The number of primary amides is 2. The van der Waals surface area contributed by atoms with Gasteiger partial charge in [-0.25, -0.2) is 14.4 Å². The first-order valence-electron chi connectivity index (χ1n) is 15.4. The summed E-state index contributed by atoms with van der Waals surface area (Å²) in [5, 5.41) is 13.1. The molecule has 0 saturated carbocycles. The number of benzene rings is 2. The number of likely N-dealkylation sites (N-methyl/N-ethyl adjacent to an activating group) is 1. The van der Waals surface area contributed by atoms with E-state index >= 15 is 0 Å². The number of nitrogens with two attached hydrogens (primary N) is 2. The van der Waals surface area contributed by atoms with Crippen LogP contribution in [0, 0.1) is 0 Å². The van der Waals surface area contributed by atoms with Gasteiger partial charge in [0.05, 0.1) is 39.2 Å². The first-order chi connectivity index (χ1) is 23.8. The van der Waals surface area contributed by atoms with Gasteiger partial charge in [-0.05, 0) is 62.2 Å². The molecule has 1 aliphatic heterocycles. The van der Waals surface area contributed by atoms with Gasteiger partial charge in [0, 0.05) is 40.8 Å². The van der Waals surface area contributed by atoms with Gasteiger partial charge in [-0.1, -0.05) is 47.5 Å². The van der Waals surface area contributed by atoms with Crippen LogP contribution in [0.15, 0.2) is 48.8 Å². The monoisotopic (exact) mass is 763 g/mol. The third-order valence-electron chi connectivity index (χ3n) is 6.69. The van der Waals surface area contributed by atoms with E-state index in [9.17, 15) is 22.8 Å². The minimum Gasteiger partial charge on any atom is -0.465 e. The number of aromatic nitrogens is 2. The molecule has 0 unspecified atom stereocenters. The number of rotatable bonds is 11. The third kappa shape index (κ3) is 16.2. The normalized spacial score (nSPS) is 14.3. The van der Waals surface area contributed by atoms with Crippen LogP contribution in [-0.4, -0.2) is 96.3 Å². The quantitative estimate of drug-likeness (QED) is 0.153. The fourth-order valence-electron chi connectivity index (χ4n) is 4.72. The summed E-state index contributed by atoms with van der Waals surface area (Å²) in [7, 11) is 2.11. The maximum Gasteiger partial charge on any atom is 0.490 e. The summed E-state index contributed by atoms with van der Waals surface area (Å²) in [4.78, 5) is 31.7. The highest BCUT2D eigenvalue weighted by atomic mass is 35.5. The van der Waals surface area contributed by atoms with Gasteiger partial charge in [-0.15, -0.1) is 0 Å². The summed E-state index contributed by atoms with van der Waals surface area (Å²) in [6, 6.07) is 12.4. The molecule has 0 aliphatic carbocycles. The molecule has 282 valence electrons. The van der Waals surface area contributed by atoms with Crippen molar-refractivity contribution in [1.29, 1.82) is 0 Å². The summed E-state index contributed by atoms with van der Waals surface area (Å²) in [6.45, 7) is 8.24. The topological polar surface area (TPSA) is 181 Å². The first kappa shape index (κ1) is 43.1. The third-order valence-corrected chi connectivity index (χ3v) is 7.24. The fraction of sp³-hybridized carbons (Fsp3) is 0.455. The molecule has 0 spiro atoms. The molecule has 2 aromatic carbocycles. The molecule has 5 N–H and O–H groups in total. The van der Waals surface area contributed by atoms with Gasteiger partial charge in [-0.2, -0.15) is 18.3 Å². The molecule has 0 saturated heterocycles. The number of carboxylic acid groups (broad SMARTS) is 1. The number of halogens is 5. The maximum absolute atomic E-state index is 11.5. The van der Waals surface area contributed by atoms with E-state index < -0.39 is 29.9 Å². The lowest BCUT2D eigenvalue weighted by atomic mass is 9.84. The van der Waals surface area contributed by atoms with Crippen LogP contribution in [0.25, 0.3) is 11.1 Å². The van der Waals surface area contributed by atoms with Gasteiger partial charge in [-0.3, -0.25) is 4.68 Å². The van der Waals surface area contributed by atoms with Crippen molar-refractivity contribution in [2.24, 2.45) is 11.5 Å². The minimum absolute atomic E-state index is 0.137. The molecule has 0 radical (unpaired) electrons. The van der Waals surface area contributed by atoms with Crippen LogP contribution < -0.4 is 11.5 Å². The Morgan fingerprint density at radius 2 is 1.61 bits per heavy atom. The van der Waals surface area contributed by atoms with Crippen molar-refractivity contribution in [1.82, 2.24) is 14.7 Å². The SMILES string of the molecule is CC(C)(C)OC(=O)C(F)(F)F.CN1Cc2c(Cl)cc(Cl)cc2[C@H](c2cccc(-c3cnn(CCOCCOCCOC(N)=O)c3)c2)C1.NC(=O)O. The first-order valence-corrected chi connectivity index (χ1v) is 16.2. The zero-order valence-electron chi connectivity index (χ0n) is 28.5. The second kappa shape index (κ2) is 20.1. The summed E-state index contributed by atoms with van der Waals surface area (Å²) < 4.78 is 55.9. The number of amides is 2. The molecule has 2 heterocycles. The predicted molar refractivity (Wildman–Crippen MR) is 184 cm³/mol. The van der Waals surface area contributed by atoms with E-state index in [1.165, 1.54) is 31.9 Å². The molecule has 13 nitrogen and oxygen atoms in total. The molecular weight excluding hydrogens is 722 g/mol. The lowest BCUT2D eigenvalue weighted by molar-refractivity contribution is -0.210. The van der Waals surface area contributed by atoms with Crippen LogP contribution in [0.2, 0.25) is 10.0 Å². The smallest absolute Gasteiger partial charge is 0.465 e. The van der Waals surface area contributed by atoms with E-state index in [0.717, 1.165) is 34.8 Å². The minimum atomic E-state index is -4.90. The van der Waals surface area contributed by atoms with Crippen molar-refractivity contribution in [3.05, 3.63) is 75.5 Å². The standard InChI is InChI=1S/C26H30Cl2N4O4.C6H9F3O2.CH3NO2/c1-31-16-23(22-12-21(27)13-25(28)24(22)17-31)19-4-2-3-18(11-19)20-14-30-32(15-20)5-6-34-7-8-35-9-10-36-26(29)33;1-5(2,3)11-4(10)6(7,8)9;2-1(3)4/h2-4,11-15,23H,5-10,16-17H2,1H3,(H2,29,33);1-3H3;2H2,(H,3,4)/t23-;;/m0../s1. The van der Waals surface area contributed by atoms with Crippen molar-refractivity contribution < 1.29 is 51.6 Å². The zero-order valence-corrected chi connectivity index (χ0v) is 30.1. The molecule has 4 rings (SSSR count). The van der Waals surface area contributed by atoms with Crippen molar-refractivity contribution in [3.63, 3.8) is 0 Å². The number of hydrogen-bond acceptors (Lipinski definition) is 9. The maximum atomic E-state index is 11.5. The van der Waals surface area contributed by atoms with Crippen LogP contribution in [-0.2, 0) is 36.8 Å². The summed E-state index contributed by atoms with van der Waals surface area (Å²) in [6.07, 6.45) is -3.14. The van der Waals surface area contributed by atoms with Gasteiger partial charge >= 0.3 is 24.3 Å². The Hall–Kier alpha value is -4.09. The van der Waals surface area contributed by atoms with Gasteiger partial charge in [0.2, 0.25) is 0 Å². The van der Waals surface area contributed by atoms with E-state index in [0.29, 0.717) is 31.4 Å². The second-order valence-corrected chi connectivity index (χ2v) is 12.9. The fourth-order valence-corrected chi connectivity index (χ4v) is 5.29. The molecule has 1 aliphatic rings. The Labute approximate surface area is 303 Å². The van der Waals surface area contributed by atoms with Gasteiger partial charge in [0.15, 0.2) is 0 Å². The van der Waals surface area contributed by atoms with Gasteiger partial charge < -0.3 is 40.4 Å². The Kier molecular flexibility index (Phi) is 17.0. The largest absolute Gasteiger partial charge is 0.490 e. The Bertz CT molecular complexity index is 1600. The van der Waals surface area contributed by atoms with Crippen molar-refractivity contribution in [2.45, 2.75) is 51.6 Å². The number of esters is 1. The lowest BCUT2D eigenvalue weighted by Crippen LogP contribution is -2.33. The molecule has 51 heavy (non-hydrogen) atoms. The van der Waals surface area contributed by atoms with Crippen molar-refractivity contribution >= 4 is 41.4 Å². The van der Waals surface area contributed by atoms with Crippen LogP contribution in [0.4, 0.5) is 22.8 Å². The van der Waals surface area contributed by atoms with E-state index in [1.54, 1.807) is 0 Å². The Morgan fingerprint density at radius 3 is 2.20 bits per heavy atom. The highest BCUT2D eigenvalue weighted by Gasteiger charge is 2.42. The van der Waals surface area contributed by atoms with Gasteiger partial charge in [0.25, 0.3) is 0 Å². The van der Waals surface area contributed by atoms with Crippen LogP contribution in [0.3, 0.4) is 0 Å². The average molecular weight is 765 g/mol. The van der Waals surface area contributed by atoms with Crippen molar-refractivity contribution in [3.8, 4) is 11.1 Å². The molecule has 0 fully saturated rings. The lowest BCUT2D eigenvalue weighted by Gasteiger charge is -2.33. The predicted octanol–water partition coefficient (Wildman–Crippen LogP) is 6.08. The molecule has 18 heteroatoms. The number of carbonyl (C=O) groups is 3. The second-order valence-electron chi connectivity index (χ2n) is 12.1. The molecule has 1 aromatic heterocycles. The molecule has 1 atom stereocenters. The molecule has 3 aromatic rings. The Morgan fingerprint density at radius 1 is 0.980 bits per heavy atom. The zero-order chi connectivity index (χ0) is 38.4. The number of hydrogen-bond donors (Lipinski definition) is 3. The Balaban J connectivity index is 0.000000505. The van der Waals surface area contributed by atoms with E-state index in [2.05, 4.69) is 56.5 Å². The average Bonchev–Trinajstić information content (AvgIpc) is 3.48. The van der Waals surface area contributed by atoms with Crippen LogP contribution in [0.1, 0.15) is 43.4 Å². The van der Waals surface area contributed by atoms with E-state index in [4.69, 9.17) is 48.3 Å². The van der Waals surface area contributed by atoms with Crippen molar-refractivity contribution in [2.75, 3.05) is 46.6 Å². The number of nitrogens with zero attached hydrogens (tertiary/aromatic N) is 3. The molecule has 0 bridgehead atoms. The van der Waals surface area contributed by atoms with Gasteiger partial charge in [0.1, 0.15) is 12.2 Å². The van der Waals surface area contributed by atoms with Crippen LogP contribution >= 0.6 is 23.2 Å². The number of ether oxygens (including phenoxy) is 4.